The lowest BCUT2D eigenvalue weighted by molar-refractivity contribution is 0.498. The van der Waals surface area contributed by atoms with E-state index < -0.39 is 5.54 Å². The highest BCUT2D eigenvalue weighted by atomic mass is 79.9. The largest absolute Gasteiger partial charge is 0.329 e. The average molecular weight is 268 g/mol. The summed E-state index contributed by atoms with van der Waals surface area (Å²) in [5.74, 6) is 0.893. The van der Waals surface area contributed by atoms with Crippen molar-refractivity contribution in [3.05, 3.63) is 28.5 Å². The van der Waals surface area contributed by atoms with Gasteiger partial charge >= 0.3 is 0 Å². The summed E-state index contributed by atoms with van der Waals surface area (Å²) < 4.78 is 3.09. The fraction of sp³-hybridized carbons (Fsp3) is 0.364. The van der Waals surface area contributed by atoms with E-state index in [1.165, 1.54) is 0 Å². The van der Waals surface area contributed by atoms with Crippen molar-refractivity contribution in [1.82, 2.24) is 9.55 Å². The summed E-state index contributed by atoms with van der Waals surface area (Å²) in [6.45, 7) is 3.92. The Hall–Kier alpha value is -0.870. The Morgan fingerprint density at radius 3 is 2.60 bits per heavy atom. The maximum Gasteiger partial charge on any atom is 0.129 e. The number of para-hydroxylation sites is 1. The van der Waals surface area contributed by atoms with E-state index in [-0.39, 0.29) is 0 Å². The lowest BCUT2D eigenvalue weighted by Gasteiger charge is -2.17. The zero-order valence-electron chi connectivity index (χ0n) is 9.08. The third-order valence-electron chi connectivity index (χ3n) is 2.42. The van der Waals surface area contributed by atoms with Crippen LogP contribution in [0.1, 0.15) is 19.7 Å². The number of hydrogen-bond acceptors (Lipinski definition) is 2. The molecule has 1 aromatic heterocycles. The molecule has 2 rings (SSSR count). The molecular formula is C11H14BrN3. The number of fused-ring (bicyclic) bond motifs is 1. The second-order valence-corrected chi connectivity index (χ2v) is 5.18. The Bertz CT molecular complexity index is 508. The first-order valence-corrected chi connectivity index (χ1v) is 5.61. The van der Waals surface area contributed by atoms with E-state index in [1.807, 2.05) is 43.7 Å². The number of benzene rings is 1. The van der Waals surface area contributed by atoms with Crippen LogP contribution in [-0.2, 0) is 12.6 Å². The Morgan fingerprint density at radius 1 is 1.40 bits per heavy atom. The molecule has 15 heavy (non-hydrogen) atoms. The van der Waals surface area contributed by atoms with Crippen molar-refractivity contribution in [3.63, 3.8) is 0 Å². The summed E-state index contributed by atoms with van der Waals surface area (Å²) in [5, 5.41) is 0. The van der Waals surface area contributed by atoms with Gasteiger partial charge in [-0.2, -0.15) is 0 Å². The number of aromatic nitrogens is 2. The summed E-state index contributed by atoms with van der Waals surface area (Å²) in [6.07, 6.45) is 0. The molecule has 3 nitrogen and oxygen atoms in total. The molecule has 0 radical (unpaired) electrons. The second-order valence-electron chi connectivity index (χ2n) is 4.32. The molecule has 0 atom stereocenters. The number of imidazole rings is 1. The molecule has 0 aliphatic rings. The van der Waals surface area contributed by atoms with Crippen LogP contribution in [0.25, 0.3) is 11.0 Å². The van der Waals surface area contributed by atoms with Gasteiger partial charge in [0, 0.05) is 11.5 Å². The standard InChI is InChI=1S/C11H14BrN3/c1-11(2,13)10-14-8-6-4-5-7(12)9(8)15(10)3/h4-6H,13H2,1-3H3. The Morgan fingerprint density at radius 2 is 2.07 bits per heavy atom. The molecule has 0 aliphatic carbocycles. The van der Waals surface area contributed by atoms with Crippen molar-refractivity contribution in [2.45, 2.75) is 19.4 Å². The topological polar surface area (TPSA) is 43.8 Å². The van der Waals surface area contributed by atoms with Gasteiger partial charge in [-0.15, -0.1) is 0 Å². The van der Waals surface area contributed by atoms with E-state index in [0.717, 1.165) is 21.3 Å². The first-order chi connectivity index (χ1) is 6.91. The average Bonchev–Trinajstić information content (AvgIpc) is 2.44. The minimum absolute atomic E-state index is 0.423. The van der Waals surface area contributed by atoms with Gasteiger partial charge in [0.2, 0.25) is 0 Å². The molecule has 0 bridgehead atoms. The van der Waals surface area contributed by atoms with Crippen LogP contribution in [0.3, 0.4) is 0 Å². The third-order valence-corrected chi connectivity index (χ3v) is 3.06. The van der Waals surface area contributed by atoms with Gasteiger partial charge in [0.05, 0.1) is 16.6 Å². The van der Waals surface area contributed by atoms with Crippen LogP contribution in [0.2, 0.25) is 0 Å². The molecule has 80 valence electrons. The van der Waals surface area contributed by atoms with Gasteiger partial charge in [0.1, 0.15) is 5.82 Å². The summed E-state index contributed by atoms with van der Waals surface area (Å²) >= 11 is 3.53. The normalized spacial score (nSPS) is 12.3. The maximum absolute atomic E-state index is 6.07. The molecule has 2 aromatic rings. The molecule has 0 fully saturated rings. The van der Waals surface area contributed by atoms with E-state index in [2.05, 4.69) is 20.9 Å². The van der Waals surface area contributed by atoms with E-state index in [4.69, 9.17) is 5.73 Å². The van der Waals surface area contributed by atoms with Crippen molar-refractivity contribution in [3.8, 4) is 0 Å². The number of nitrogens with zero attached hydrogens (tertiary/aromatic N) is 2. The first-order valence-electron chi connectivity index (χ1n) is 4.81. The molecular weight excluding hydrogens is 254 g/mol. The van der Waals surface area contributed by atoms with Gasteiger partial charge in [0.15, 0.2) is 0 Å². The minimum atomic E-state index is -0.423. The molecule has 0 saturated carbocycles. The smallest absolute Gasteiger partial charge is 0.129 e. The van der Waals surface area contributed by atoms with Crippen molar-refractivity contribution in [2.75, 3.05) is 0 Å². The van der Waals surface area contributed by atoms with Crippen LogP contribution >= 0.6 is 15.9 Å². The Labute approximate surface area is 97.4 Å². The van der Waals surface area contributed by atoms with Crippen LogP contribution in [0.4, 0.5) is 0 Å². The molecule has 0 amide bonds. The number of nitrogens with two attached hydrogens (primary N) is 1. The van der Waals surface area contributed by atoms with Crippen LogP contribution in [0, 0.1) is 0 Å². The van der Waals surface area contributed by atoms with Gasteiger partial charge in [-0.1, -0.05) is 6.07 Å². The van der Waals surface area contributed by atoms with Crippen molar-refractivity contribution >= 4 is 27.0 Å². The molecule has 0 unspecified atom stereocenters. The highest BCUT2D eigenvalue weighted by Gasteiger charge is 2.22. The predicted octanol–water partition coefficient (Wildman–Crippen LogP) is 2.53. The fourth-order valence-corrected chi connectivity index (χ4v) is 2.42. The van der Waals surface area contributed by atoms with Crippen LogP contribution < -0.4 is 5.73 Å². The van der Waals surface area contributed by atoms with Crippen molar-refractivity contribution in [1.29, 1.82) is 0 Å². The summed E-state index contributed by atoms with van der Waals surface area (Å²) in [7, 11) is 1.99. The van der Waals surface area contributed by atoms with Gasteiger partial charge in [-0.25, -0.2) is 4.98 Å². The zero-order valence-corrected chi connectivity index (χ0v) is 10.7. The van der Waals surface area contributed by atoms with Crippen molar-refractivity contribution in [2.24, 2.45) is 12.8 Å². The monoisotopic (exact) mass is 267 g/mol. The highest BCUT2D eigenvalue weighted by molar-refractivity contribution is 9.10. The summed E-state index contributed by atoms with van der Waals surface area (Å²) in [4.78, 5) is 4.55. The number of aryl methyl sites for hydroxylation is 1. The molecule has 4 heteroatoms. The lowest BCUT2D eigenvalue weighted by atomic mass is 10.1. The summed E-state index contributed by atoms with van der Waals surface area (Å²) in [6, 6.07) is 5.99. The van der Waals surface area contributed by atoms with Gasteiger partial charge in [-0.3, -0.25) is 0 Å². The van der Waals surface area contributed by atoms with Gasteiger partial charge in [0.25, 0.3) is 0 Å². The van der Waals surface area contributed by atoms with Crippen LogP contribution in [-0.4, -0.2) is 9.55 Å². The fourth-order valence-electron chi connectivity index (χ4n) is 1.80. The van der Waals surface area contributed by atoms with E-state index in [0.29, 0.717) is 0 Å². The number of rotatable bonds is 1. The SMILES string of the molecule is Cn1c(C(C)(C)N)nc2cccc(Br)c21. The van der Waals surface area contributed by atoms with E-state index in [9.17, 15) is 0 Å². The highest BCUT2D eigenvalue weighted by Crippen LogP contribution is 2.27. The summed E-state index contributed by atoms with van der Waals surface area (Å²) in [5.41, 5.74) is 7.71. The predicted molar refractivity (Wildman–Crippen MR) is 65.6 cm³/mol. The lowest BCUT2D eigenvalue weighted by Crippen LogP contribution is -2.32. The zero-order chi connectivity index (χ0) is 11.2. The molecule has 1 aromatic carbocycles. The molecule has 2 N–H and O–H groups in total. The first kappa shape index (κ1) is 10.6. The molecule has 1 heterocycles. The van der Waals surface area contributed by atoms with Gasteiger partial charge < -0.3 is 10.3 Å². The second kappa shape index (κ2) is 3.32. The minimum Gasteiger partial charge on any atom is -0.329 e. The van der Waals surface area contributed by atoms with Crippen molar-refractivity contribution < 1.29 is 0 Å². The van der Waals surface area contributed by atoms with E-state index >= 15 is 0 Å². The Balaban J connectivity index is 2.82. The molecule has 0 aliphatic heterocycles. The van der Waals surface area contributed by atoms with Crippen LogP contribution in [0.15, 0.2) is 22.7 Å². The number of hydrogen-bond donors (Lipinski definition) is 1. The number of halogens is 1. The third kappa shape index (κ3) is 1.68. The van der Waals surface area contributed by atoms with E-state index in [1.54, 1.807) is 0 Å². The molecule has 0 spiro atoms. The maximum atomic E-state index is 6.07. The van der Waals surface area contributed by atoms with Crippen LogP contribution in [0.5, 0.6) is 0 Å². The van der Waals surface area contributed by atoms with Gasteiger partial charge in [-0.05, 0) is 41.9 Å². The Kier molecular flexibility index (Phi) is 2.35. The quantitative estimate of drug-likeness (QED) is 0.863. The molecule has 0 saturated heterocycles.